The van der Waals surface area contributed by atoms with Crippen molar-refractivity contribution in [3.05, 3.63) is 23.8 Å². The lowest BCUT2D eigenvalue weighted by molar-refractivity contribution is 0.237. The molecule has 0 amide bonds. The molecule has 1 fully saturated rings. The molecule has 102 valence electrons. The molecule has 1 aromatic rings. The van der Waals surface area contributed by atoms with Gasteiger partial charge in [0.2, 0.25) is 0 Å². The summed E-state index contributed by atoms with van der Waals surface area (Å²) in [6, 6.07) is 8.11. The molecule has 0 spiro atoms. The lowest BCUT2D eigenvalue weighted by atomic mass is 10.2. The van der Waals surface area contributed by atoms with E-state index in [-0.39, 0.29) is 0 Å². The highest BCUT2D eigenvalue weighted by Gasteiger charge is 2.12. The summed E-state index contributed by atoms with van der Waals surface area (Å²) in [4.78, 5) is 3.43. The van der Waals surface area contributed by atoms with Gasteiger partial charge in [0, 0.05) is 11.4 Å². The third kappa shape index (κ3) is 3.89. The van der Waals surface area contributed by atoms with E-state index in [1.165, 1.54) is 25.9 Å². The first-order chi connectivity index (χ1) is 9.35. The van der Waals surface area contributed by atoms with Gasteiger partial charge in [0.15, 0.2) is 0 Å². The Morgan fingerprint density at radius 2 is 2.16 bits per heavy atom. The van der Waals surface area contributed by atoms with E-state index in [4.69, 9.17) is 4.74 Å². The molecule has 0 radical (unpaired) electrons. The van der Waals surface area contributed by atoms with Crippen molar-refractivity contribution in [1.29, 1.82) is 5.26 Å². The van der Waals surface area contributed by atoms with Crippen LogP contribution in [0, 0.1) is 11.3 Å². The molecule has 1 heterocycles. The quantitative estimate of drug-likeness (QED) is 0.748. The highest BCUT2D eigenvalue weighted by atomic mass is 32.2. The highest BCUT2D eigenvalue weighted by Crippen LogP contribution is 2.29. The summed E-state index contributed by atoms with van der Waals surface area (Å²) in [7, 11) is 0. The average molecular weight is 276 g/mol. The smallest absolute Gasteiger partial charge is 0.138 e. The van der Waals surface area contributed by atoms with Crippen LogP contribution >= 0.6 is 11.8 Å². The lowest BCUT2D eigenvalue weighted by Gasteiger charge is -2.16. The van der Waals surface area contributed by atoms with Crippen LogP contribution in [0.25, 0.3) is 0 Å². The molecular formula is C15H20N2OS. The molecule has 1 aromatic carbocycles. The topological polar surface area (TPSA) is 36.3 Å². The summed E-state index contributed by atoms with van der Waals surface area (Å²) in [5.41, 5.74) is 0.677. The van der Waals surface area contributed by atoms with Crippen LogP contribution in [0.1, 0.15) is 25.3 Å². The van der Waals surface area contributed by atoms with E-state index in [1.807, 2.05) is 18.2 Å². The molecule has 0 bridgehead atoms. The molecule has 0 saturated carbocycles. The summed E-state index contributed by atoms with van der Waals surface area (Å²) >= 11 is 1.69. The van der Waals surface area contributed by atoms with Gasteiger partial charge in [-0.3, -0.25) is 4.90 Å². The first-order valence-corrected chi connectivity index (χ1v) is 7.84. The second-order valence-corrected chi connectivity index (χ2v) is 5.88. The van der Waals surface area contributed by atoms with Crippen LogP contribution in [-0.2, 0) is 0 Å². The minimum atomic E-state index is 0.662. The maximum absolute atomic E-state index is 9.28. The van der Waals surface area contributed by atoms with Crippen molar-refractivity contribution in [2.24, 2.45) is 0 Å². The molecular weight excluding hydrogens is 256 g/mol. The Balaban J connectivity index is 1.95. The first kappa shape index (κ1) is 14.2. The van der Waals surface area contributed by atoms with Gasteiger partial charge >= 0.3 is 0 Å². The number of hydrogen-bond donors (Lipinski definition) is 0. The summed E-state index contributed by atoms with van der Waals surface area (Å²) in [5.74, 6) is 1.69. The van der Waals surface area contributed by atoms with Crippen molar-refractivity contribution >= 4 is 11.8 Å². The van der Waals surface area contributed by atoms with E-state index < -0.39 is 0 Å². The van der Waals surface area contributed by atoms with Gasteiger partial charge in [0.25, 0.3) is 0 Å². The number of nitriles is 1. The fourth-order valence-corrected chi connectivity index (χ4v) is 3.08. The number of rotatable bonds is 6. The van der Waals surface area contributed by atoms with Gasteiger partial charge in [0.1, 0.15) is 24.0 Å². The number of ether oxygens (including phenoxy) is 1. The third-order valence-corrected chi connectivity index (χ3v) is 4.20. The zero-order chi connectivity index (χ0) is 13.5. The normalized spacial score (nSPS) is 15.4. The van der Waals surface area contributed by atoms with Gasteiger partial charge in [-0.25, -0.2) is 0 Å². The van der Waals surface area contributed by atoms with Crippen LogP contribution in [-0.4, -0.2) is 36.9 Å². The van der Waals surface area contributed by atoms with Crippen molar-refractivity contribution < 1.29 is 4.74 Å². The third-order valence-electron chi connectivity index (χ3n) is 3.26. The van der Waals surface area contributed by atoms with Crippen molar-refractivity contribution in [3.63, 3.8) is 0 Å². The van der Waals surface area contributed by atoms with Crippen molar-refractivity contribution in [3.8, 4) is 11.8 Å². The van der Waals surface area contributed by atoms with Crippen LogP contribution < -0.4 is 4.74 Å². The van der Waals surface area contributed by atoms with Crippen LogP contribution in [0.2, 0.25) is 0 Å². The predicted octanol–water partition coefficient (Wildman–Crippen LogP) is 3.14. The second kappa shape index (κ2) is 7.42. The van der Waals surface area contributed by atoms with Gasteiger partial charge in [-0.05, 0) is 43.8 Å². The Kier molecular flexibility index (Phi) is 5.56. The zero-order valence-corrected chi connectivity index (χ0v) is 12.2. The number of benzene rings is 1. The summed E-state index contributed by atoms with van der Waals surface area (Å²) in [6.07, 6.45) is 2.60. The maximum Gasteiger partial charge on any atom is 0.138 e. The molecule has 0 aromatic heterocycles. The van der Waals surface area contributed by atoms with Crippen LogP contribution in [0.5, 0.6) is 5.75 Å². The minimum Gasteiger partial charge on any atom is -0.491 e. The van der Waals surface area contributed by atoms with Gasteiger partial charge in [-0.15, -0.1) is 11.8 Å². The lowest BCUT2D eigenvalue weighted by Crippen LogP contribution is -2.25. The van der Waals surface area contributed by atoms with Gasteiger partial charge in [0.05, 0.1) is 0 Å². The molecule has 1 aliphatic rings. The second-order valence-electron chi connectivity index (χ2n) is 4.57. The largest absolute Gasteiger partial charge is 0.491 e. The fraction of sp³-hybridized carbons (Fsp3) is 0.533. The Bertz CT molecular complexity index is 450. The molecule has 4 heteroatoms. The minimum absolute atomic E-state index is 0.662. The number of nitrogens with zero attached hydrogens (tertiary/aromatic N) is 2. The van der Waals surface area contributed by atoms with Gasteiger partial charge < -0.3 is 4.74 Å². The Labute approximate surface area is 119 Å². The molecule has 0 N–H and O–H groups in total. The van der Waals surface area contributed by atoms with Gasteiger partial charge in [-0.2, -0.15) is 5.26 Å². The van der Waals surface area contributed by atoms with E-state index >= 15 is 0 Å². The number of thioether (sulfide) groups is 1. The van der Waals surface area contributed by atoms with Crippen molar-refractivity contribution in [2.45, 2.75) is 24.7 Å². The molecule has 1 aliphatic heterocycles. The van der Waals surface area contributed by atoms with Crippen molar-refractivity contribution in [2.75, 3.05) is 32.0 Å². The monoisotopic (exact) mass is 276 g/mol. The molecule has 2 rings (SSSR count). The Morgan fingerprint density at radius 3 is 2.84 bits per heavy atom. The van der Waals surface area contributed by atoms with E-state index in [0.29, 0.717) is 12.2 Å². The first-order valence-electron chi connectivity index (χ1n) is 6.86. The van der Waals surface area contributed by atoms with Crippen LogP contribution in [0.15, 0.2) is 23.1 Å². The molecule has 19 heavy (non-hydrogen) atoms. The van der Waals surface area contributed by atoms with E-state index in [2.05, 4.69) is 17.9 Å². The summed E-state index contributed by atoms with van der Waals surface area (Å²) < 4.78 is 5.80. The highest BCUT2D eigenvalue weighted by molar-refractivity contribution is 7.99. The standard InChI is InChI=1S/C15H20N2OS/c1-2-19-15-7-5-6-14(13(15)12-16)18-11-10-17-8-3-4-9-17/h5-7H,2-4,8-11H2,1H3. The molecule has 0 atom stereocenters. The van der Waals surface area contributed by atoms with E-state index in [9.17, 15) is 5.26 Å². The van der Waals surface area contributed by atoms with E-state index in [0.717, 1.165) is 22.9 Å². The Hall–Kier alpha value is -1.18. The SMILES string of the molecule is CCSc1cccc(OCCN2CCCC2)c1C#N. The van der Waals surface area contributed by atoms with Crippen LogP contribution in [0.3, 0.4) is 0 Å². The molecule has 0 aliphatic carbocycles. The predicted molar refractivity (Wildman–Crippen MR) is 78.7 cm³/mol. The maximum atomic E-state index is 9.28. The summed E-state index contributed by atoms with van der Waals surface area (Å²) in [6.45, 7) is 6.07. The molecule has 3 nitrogen and oxygen atoms in total. The molecule has 0 unspecified atom stereocenters. The summed E-state index contributed by atoms with van der Waals surface area (Å²) in [5, 5.41) is 9.28. The number of likely N-dealkylation sites (tertiary alicyclic amines) is 1. The average Bonchev–Trinajstić information content (AvgIpc) is 2.93. The van der Waals surface area contributed by atoms with Crippen LogP contribution in [0.4, 0.5) is 0 Å². The number of hydrogen-bond acceptors (Lipinski definition) is 4. The molecule has 1 saturated heterocycles. The van der Waals surface area contributed by atoms with E-state index in [1.54, 1.807) is 11.8 Å². The fourth-order valence-electron chi connectivity index (χ4n) is 2.31. The van der Waals surface area contributed by atoms with Gasteiger partial charge in [-0.1, -0.05) is 13.0 Å². The zero-order valence-electron chi connectivity index (χ0n) is 11.4. The van der Waals surface area contributed by atoms with Crippen molar-refractivity contribution in [1.82, 2.24) is 4.90 Å². The Morgan fingerprint density at radius 1 is 1.37 bits per heavy atom.